The highest BCUT2D eigenvalue weighted by atomic mass is 16.2. The monoisotopic (exact) mass is 370 g/mol. The second-order valence-electron chi connectivity index (χ2n) is 7.81. The molecule has 7 nitrogen and oxygen atoms in total. The van der Waals surface area contributed by atoms with Gasteiger partial charge in [0, 0.05) is 25.1 Å². The van der Waals surface area contributed by atoms with Crippen LogP contribution in [0.4, 0.5) is 0 Å². The number of carbonyl (C=O) groups excluding carboxylic acids is 3. The molecule has 144 valence electrons. The van der Waals surface area contributed by atoms with E-state index in [0.717, 1.165) is 55.7 Å². The van der Waals surface area contributed by atoms with Crippen molar-refractivity contribution < 1.29 is 14.4 Å². The molecule has 3 heterocycles. The predicted octanol–water partition coefficient (Wildman–Crippen LogP) is 0.618. The second kappa shape index (κ2) is 7.40. The molecular weight excluding hydrogens is 344 g/mol. The van der Waals surface area contributed by atoms with Crippen molar-refractivity contribution in [2.75, 3.05) is 19.6 Å². The molecule has 3 aliphatic rings. The Labute approximate surface area is 158 Å². The van der Waals surface area contributed by atoms with Gasteiger partial charge in [0.25, 0.3) is 5.91 Å². The Bertz CT molecular complexity index is 770. The van der Waals surface area contributed by atoms with Crippen molar-refractivity contribution >= 4 is 17.7 Å². The second-order valence-corrected chi connectivity index (χ2v) is 7.81. The smallest absolute Gasteiger partial charge is 0.255 e. The molecule has 0 saturated carbocycles. The zero-order valence-corrected chi connectivity index (χ0v) is 15.4. The van der Waals surface area contributed by atoms with Gasteiger partial charge in [-0.05, 0) is 55.9 Å². The molecule has 0 radical (unpaired) electrons. The van der Waals surface area contributed by atoms with E-state index in [9.17, 15) is 14.4 Å². The minimum absolute atomic E-state index is 0.0908. The summed E-state index contributed by atoms with van der Waals surface area (Å²) in [6.07, 6.45) is 2.87. The fourth-order valence-electron chi connectivity index (χ4n) is 4.44. The topological polar surface area (TPSA) is 95.7 Å². The number of rotatable bonds is 4. The van der Waals surface area contributed by atoms with Gasteiger partial charge in [0.05, 0.1) is 0 Å². The Balaban J connectivity index is 1.50. The van der Waals surface area contributed by atoms with Crippen LogP contribution in [-0.2, 0) is 22.7 Å². The molecule has 0 aliphatic carbocycles. The number of carbonyl (C=O) groups is 3. The maximum atomic E-state index is 13.1. The number of benzene rings is 1. The van der Waals surface area contributed by atoms with Crippen LogP contribution in [0.5, 0.6) is 0 Å². The zero-order chi connectivity index (χ0) is 19.0. The third kappa shape index (κ3) is 3.49. The molecule has 0 aromatic heterocycles. The van der Waals surface area contributed by atoms with Gasteiger partial charge in [0.15, 0.2) is 0 Å². The van der Waals surface area contributed by atoms with E-state index < -0.39 is 6.04 Å². The Kier molecular flexibility index (Phi) is 4.97. The van der Waals surface area contributed by atoms with E-state index >= 15 is 0 Å². The van der Waals surface area contributed by atoms with E-state index in [4.69, 9.17) is 5.73 Å². The summed E-state index contributed by atoms with van der Waals surface area (Å²) >= 11 is 0. The molecule has 1 aromatic carbocycles. The number of imide groups is 1. The minimum atomic E-state index is -0.559. The molecule has 2 saturated heterocycles. The van der Waals surface area contributed by atoms with Crippen molar-refractivity contribution in [2.24, 2.45) is 11.7 Å². The normalized spacial score (nSPS) is 24.3. The van der Waals surface area contributed by atoms with Crippen LogP contribution in [0.25, 0.3) is 0 Å². The number of nitrogens with zero attached hydrogens (tertiary/aromatic N) is 2. The number of hydrogen-bond donors (Lipinski definition) is 2. The SMILES string of the molecule is NCC1CCN(Cc2cccc3c2C(=O)N(C2CCC(=O)NC2=O)C3)CC1. The lowest BCUT2D eigenvalue weighted by molar-refractivity contribution is -0.136. The van der Waals surface area contributed by atoms with E-state index in [-0.39, 0.29) is 24.1 Å². The average Bonchev–Trinajstić information content (AvgIpc) is 3.00. The van der Waals surface area contributed by atoms with E-state index in [0.29, 0.717) is 18.9 Å². The number of piperidine rings is 2. The quantitative estimate of drug-likeness (QED) is 0.758. The first-order chi connectivity index (χ1) is 13.1. The molecule has 1 aromatic rings. The lowest BCUT2D eigenvalue weighted by Crippen LogP contribution is -2.52. The van der Waals surface area contributed by atoms with Crippen molar-refractivity contribution in [1.29, 1.82) is 0 Å². The first-order valence-electron chi connectivity index (χ1n) is 9.74. The first-order valence-corrected chi connectivity index (χ1v) is 9.74. The summed E-state index contributed by atoms with van der Waals surface area (Å²) in [7, 11) is 0. The predicted molar refractivity (Wildman–Crippen MR) is 99.5 cm³/mol. The lowest BCUT2D eigenvalue weighted by atomic mass is 9.96. The fourth-order valence-corrected chi connectivity index (χ4v) is 4.44. The third-order valence-electron chi connectivity index (χ3n) is 6.07. The van der Waals surface area contributed by atoms with Crippen LogP contribution in [0.15, 0.2) is 18.2 Å². The van der Waals surface area contributed by atoms with Crippen molar-refractivity contribution in [2.45, 2.75) is 44.8 Å². The van der Waals surface area contributed by atoms with Crippen LogP contribution >= 0.6 is 0 Å². The molecule has 4 rings (SSSR count). The molecule has 27 heavy (non-hydrogen) atoms. The van der Waals surface area contributed by atoms with Gasteiger partial charge in [0.2, 0.25) is 11.8 Å². The molecule has 3 N–H and O–H groups in total. The van der Waals surface area contributed by atoms with Gasteiger partial charge >= 0.3 is 0 Å². The summed E-state index contributed by atoms with van der Waals surface area (Å²) < 4.78 is 0. The van der Waals surface area contributed by atoms with Gasteiger partial charge in [-0.1, -0.05) is 18.2 Å². The molecule has 0 spiro atoms. The largest absolute Gasteiger partial charge is 0.330 e. The maximum Gasteiger partial charge on any atom is 0.255 e. The van der Waals surface area contributed by atoms with Crippen molar-refractivity contribution in [3.63, 3.8) is 0 Å². The minimum Gasteiger partial charge on any atom is -0.330 e. The van der Waals surface area contributed by atoms with Crippen molar-refractivity contribution in [3.05, 3.63) is 34.9 Å². The summed E-state index contributed by atoms with van der Waals surface area (Å²) in [5.74, 6) is -0.112. The van der Waals surface area contributed by atoms with Crippen LogP contribution in [0, 0.1) is 5.92 Å². The highest BCUT2D eigenvalue weighted by molar-refractivity contribution is 6.05. The van der Waals surface area contributed by atoms with Gasteiger partial charge in [-0.25, -0.2) is 0 Å². The number of nitrogens with two attached hydrogens (primary N) is 1. The van der Waals surface area contributed by atoms with Crippen LogP contribution in [0.2, 0.25) is 0 Å². The summed E-state index contributed by atoms with van der Waals surface area (Å²) in [4.78, 5) is 40.7. The number of fused-ring (bicyclic) bond motifs is 1. The van der Waals surface area contributed by atoms with Crippen molar-refractivity contribution in [1.82, 2.24) is 15.1 Å². The highest BCUT2D eigenvalue weighted by Gasteiger charge is 2.40. The van der Waals surface area contributed by atoms with Crippen LogP contribution in [-0.4, -0.2) is 53.2 Å². The zero-order valence-electron chi connectivity index (χ0n) is 15.4. The Morgan fingerprint density at radius 1 is 1.11 bits per heavy atom. The number of likely N-dealkylation sites (tertiary alicyclic amines) is 1. The van der Waals surface area contributed by atoms with Gasteiger partial charge in [0.1, 0.15) is 6.04 Å². The molecule has 1 atom stereocenters. The van der Waals surface area contributed by atoms with Gasteiger partial charge in [-0.15, -0.1) is 0 Å². The standard InChI is InChI=1S/C20H26N4O3/c21-10-13-6-8-23(9-7-13)11-14-2-1-3-15-12-24(20(27)18(14)15)16-4-5-17(25)22-19(16)26/h1-3,13,16H,4-12,21H2,(H,22,25,26). The van der Waals surface area contributed by atoms with Crippen LogP contribution in [0.1, 0.15) is 47.2 Å². The third-order valence-corrected chi connectivity index (χ3v) is 6.07. The fraction of sp³-hybridized carbons (Fsp3) is 0.550. The van der Waals surface area contributed by atoms with E-state index in [2.05, 4.69) is 10.2 Å². The van der Waals surface area contributed by atoms with E-state index in [1.54, 1.807) is 4.90 Å². The Hall–Kier alpha value is -2.25. The average molecular weight is 370 g/mol. The highest BCUT2D eigenvalue weighted by Crippen LogP contribution is 2.31. The molecule has 2 fully saturated rings. The number of amides is 3. The maximum absolute atomic E-state index is 13.1. The molecule has 0 bridgehead atoms. The molecular formula is C20H26N4O3. The summed E-state index contributed by atoms with van der Waals surface area (Å²) in [5.41, 5.74) is 8.51. The summed E-state index contributed by atoms with van der Waals surface area (Å²) in [6, 6.07) is 5.40. The number of nitrogens with one attached hydrogen (secondary N) is 1. The van der Waals surface area contributed by atoms with Gasteiger partial charge in [-0.3, -0.25) is 24.6 Å². The molecule has 3 amide bonds. The molecule has 1 unspecified atom stereocenters. The van der Waals surface area contributed by atoms with Gasteiger partial charge in [-0.2, -0.15) is 0 Å². The van der Waals surface area contributed by atoms with Crippen LogP contribution < -0.4 is 11.1 Å². The Morgan fingerprint density at radius 3 is 2.59 bits per heavy atom. The number of hydrogen-bond acceptors (Lipinski definition) is 5. The summed E-state index contributed by atoms with van der Waals surface area (Å²) in [6.45, 7) is 3.92. The van der Waals surface area contributed by atoms with Gasteiger partial charge < -0.3 is 10.6 Å². The first kappa shape index (κ1) is 18.1. The molecule has 7 heteroatoms. The van der Waals surface area contributed by atoms with Crippen LogP contribution in [0.3, 0.4) is 0 Å². The van der Waals surface area contributed by atoms with E-state index in [1.807, 2.05) is 18.2 Å². The lowest BCUT2D eigenvalue weighted by Gasteiger charge is -2.32. The van der Waals surface area contributed by atoms with Crippen molar-refractivity contribution in [3.8, 4) is 0 Å². The Morgan fingerprint density at radius 2 is 1.89 bits per heavy atom. The summed E-state index contributed by atoms with van der Waals surface area (Å²) in [5, 5.41) is 2.35. The molecule has 3 aliphatic heterocycles. The van der Waals surface area contributed by atoms with E-state index in [1.165, 1.54) is 0 Å².